The fourth-order valence-corrected chi connectivity index (χ4v) is 4.40. The highest BCUT2D eigenvalue weighted by Crippen LogP contribution is 2.49. The van der Waals surface area contributed by atoms with Crippen LogP contribution in [-0.4, -0.2) is 43.6 Å². The zero-order valence-electron chi connectivity index (χ0n) is 15.7. The Morgan fingerprint density at radius 3 is 2.96 bits per heavy atom. The first-order valence-electron chi connectivity index (χ1n) is 9.87. The van der Waals surface area contributed by atoms with Crippen molar-refractivity contribution in [1.82, 2.24) is 24.6 Å². The Morgan fingerprint density at radius 1 is 1.33 bits per heavy atom. The van der Waals surface area contributed by atoms with Crippen LogP contribution in [0, 0.1) is 12.3 Å². The molecule has 2 aromatic heterocycles. The van der Waals surface area contributed by atoms with Crippen LogP contribution in [-0.2, 0) is 11.3 Å². The second kappa shape index (κ2) is 6.22. The van der Waals surface area contributed by atoms with Crippen molar-refractivity contribution in [2.45, 2.75) is 45.1 Å². The van der Waals surface area contributed by atoms with E-state index in [-0.39, 0.29) is 11.3 Å². The number of rotatable bonds is 4. The smallest absolute Gasteiger partial charge is 0.230 e. The molecule has 0 radical (unpaired) electrons. The van der Waals surface area contributed by atoms with Crippen molar-refractivity contribution in [1.29, 1.82) is 0 Å². The van der Waals surface area contributed by atoms with Gasteiger partial charge in [0, 0.05) is 31.4 Å². The monoisotopic (exact) mass is 363 g/mol. The van der Waals surface area contributed by atoms with E-state index in [2.05, 4.69) is 40.1 Å². The first kappa shape index (κ1) is 16.5. The highest BCUT2D eigenvalue weighted by Gasteiger charge is 2.52. The molecule has 3 heterocycles. The van der Waals surface area contributed by atoms with Gasteiger partial charge in [-0.25, -0.2) is 4.98 Å². The molecule has 2 fully saturated rings. The van der Waals surface area contributed by atoms with Crippen LogP contribution in [0.4, 0.5) is 0 Å². The number of nitrogens with one attached hydrogen (secondary N) is 1. The largest absolute Gasteiger partial charge is 0.342 e. The second-order valence-electron chi connectivity index (χ2n) is 8.17. The lowest BCUT2D eigenvalue weighted by Crippen LogP contribution is -2.44. The lowest BCUT2D eigenvalue weighted by molar-refractivity contribution is -0.139. The number of nitrogens with zero attached hydrogens (tertiary/aromatic N) is 4. The van der Waals surface area contributed by atoms with E-state index in [9.17, 15) is 4.79 Å². The molecule has 3 aromatic rings. The van der Waals surface area contributed by atoms with Gasteiger partial charge >= 0.3 is 0 Å². The number of piperidine rings is 1. The lowest BCUT2D eigenvalue weighted by atomic mass is 9.95. The average Bonchev–Trinajstić information content (AvgIpc) is 3.08. The molecule has 5 rings (SSSR count). The topological polar surface area (TPSA) is 66.8 Å². The number of hydrogen-bond acceptors (Lipinski definition) is 3. The van der Waals surface area contributed by atoms with Gasteiger partial charge in [-0.05, 0) is 50.3 Å². The summed E-state index contributed by atoms with van der Waals surface area (Å²) in [5.41, 5.74) is 3.09. The van der Waals surface area contributed by atoms with E-state index in [1.165, 1.54) is 5.56 Å². The standard InChI is InChI=1S/C21H25N5O/c1-15-5-2-7-17-18(15)24-19(23-17)16-6-3-11-25(13-16)20(27)21(8-9-21)14-26-12-4-10-22-26/h2,4-5,7,10,12,16H,3,6,8-9,11,13-14H2,1H3,(H,23,24)/t16-/m1/s1. The molecule has 0 unspecified atom stereocenters. The summed E-state index contributed by atoms with van der Waals surface area (Å²) in [6.45, 7) is 4.41. The number of carbonyl (C=O) groups excluding carboxylic acids is 1. The Balaban J connectivity index is 1.34. The fourth-order valence-electron chi connectivity index (χ4n) is 4.40. The van der Waals surface area contributed by atoms with Gasteiger partial charge < -0.3 is 9.88 Å². The summed E-state index contributed by atoms with van der Waals surface area (Å²) in [5.74, 6) is 1.61. The van der Waals surface area contributed by atoms with E-state index in [1.807, 2.05) is 16.9 Å². The van der Waals surface area contributed by atoms with Crippen LogP contribution in [0.25, 0.3) is 11.0 Å². The van der Waals surface area contributed by atoms with Gasteiger partial charge in [-0.15, -0.1) is 0 Å². The minimum Gasteiger partial charge on any atom is -0.342 e. The number of H-pyrrole nitrogens is 1. The van der Waals surface area contributed by atoms with Crippen molar-refractivity contribution in [2.24, 2.45) is 5.41 Å². The number of carbonyl (C=O) groups is 1. The number of hydrogen-bond donors (Lipinski definition) is 1. The van der Waals surface area contributed by atoms with Gasteiger partial charge in [-0.1, -0.05) is 12.1 Å². The minimum atomic E-state index is -0.238. The molecule has 6 nitrogen and oxygen atoms in total. The maximum Gasteiger partial charge on any atom is 0.230 e. The predicted octanol–water partition coefficient (Wildman–Crippen LogP) is 3.25. The first-order valence-corrected chi connectivity index (χ1v) is 9.87. The molecule has 1 saturated heterocycles. The molecule has 1 amide bonds. The molecule has 1 aromatic carbocycles. The number of fused-ring (bicyclic) bond motifs is 1. The van der Waals surface area contributed by atoms with Gasteiger partial charge in [0.1, 0.15) is 5.82 Å². The quantitative estimate of drug-likeness (QED) is 0.774. The summed E-state index contributed by atoms with van der Waals surface area (Å²) >= 11 is 0. The van der Waals surface area contributed by atoms with E-state index >= 15 is 0 Å². The first-order chi connectivity index (χ1) is 13.1. The summed E-state index contributed by atoms with van der Waals surface area (Å²) in [7, 11) is 0. The number of aromatic amines is 1. The molecule has 0 bridgehead atoms. The molecule has 1 aliphatic carbocycles. The zero-order chi connectivity index (χ0) is 18.4. The van der Waals surface area contributed by atoms with Crippen LogP contribution < -0.4 is 0 Å². The summed E-state index contributed by atoms with van der Waals surface area (Å²) < 4.78 is 1.90. The normalized spacial score (nSPS) is 21.5. The maximum absolute atomic E-state index is 13.3. The lowest BCUT2D eigenvalue weighted by Gasteiger charge is -2.34. The Morgan fingerprint density at radius 2 is 2.22 bits per heavy atom. The van der Waals surface area contributed by atoms with Crippen LogP contribution in [0.5, 0.6) is 0 Å². The van der Waals surface area contributed by atoms with E-state index in [1.54, 1.807) is 6.20 Å². The molecule has 1 aliphatic heterocycles. The predicted molar refractivity (Wildman–Crippen MR) is 103 cm³/mol. The van der Waals surface area contributed by atoms with Crippen LogP contribution in [0.15, 0.2) is 36.7 Å². The SMILES string of the molecule is Cc1cccc2[nH]c([C@@H]3CCCN(C(=O)C4(Cn5cccn5)CC4)C3)nc12. The number of aromatic nitrogens is 4. The van der Waals surface area contributed by atoms with Gasteiger partial charge in [0.05, 0.1) is 23.0 Å². The summed E-state index contributed by atoms with van der Waals surface area (Å²) in [6, 6.07) is 8.15. The third-order valence-electron chi connectivity index (χ3n) is 6.16. The molecule has 1 saturated carbocycles. The van der Waals surface area contributed by atoms with E-state index in [4.69, 9.17) is 4.98 Å². The molecular formula is C21H25N5O. The Hall–Kier alpha value is -2.63. The van der Waals surface area contributed by atoms with Crippen LogP contribution in [0.3, 0.4) is 0 Å². The number of benzene rings is 1. The maximum atomic E-state index is 13.3. The van der Waals surface area contributed by atoms with E-state index in [0.29, 0.717) is 12.5 Å². The van der Waals surface area contributed by atoms with Crippen molar-refractivity contribution in [2.75, 3.05) is 13.1 Å². The van der Waals surface area contributed by atoms with Gasteiger partial charge in [0.15, 0.2) is 0 Å². The average molecular weight is 363 g/mol. The van der Waals surface area contributed by atoms with Crippen molar-refractivity contribution >= 4 is 16.9 Å². The molecular weight excluding hydrogens is 338 g/mol. The van der Waals surface area contributed by atoms with E-state index < -0.39 is 0 Å². The van der Waals surface area contributed by atoms with Gasteiger partial charge in [-0.2, -0.15) is 5.10 Å². The number of para-hydroxylation sites is 1. The van der Waals surface area contributed by atoms with E-state index in [0.717, 1.165) is 55.6 Å². The van der Waals surface area contributed by atoms with Crippen molar-refractivity contribution in [3.8, 4) is 0 Å². The third-order valence-corrected chi connectivity index (χ3v) is 6.16. The number of amides is 1. The summed E-state index contributed by atoms with van der Waals surface area (Å²) in [6.07, 6.45) is 7.77. The minimum absolute atomic E-state index is 0.238. The highest BCUT2D eigenvalue weighted by atomic mass is 16.2. The molecule has 1 N–H and O–H groups in total. The number of likely N-dealkylation sites (tertiary alicyclic amines) is 1. The molecule has 0 spiro atoms. The molecule has 140 valence electrons. The summed E-state index contributed by atoms with van der Waals surface area (Å²) in [5, 5.41) is 4.29. The molecule has 6 heteroatoms. The molecule has 27 heavy (non-hydrogen) atoms. The van der Waals surface area contributed by atoms with Gasteiger partial charge in [0.25, 0.3) is 0 Å². The Labute approximate surface area is 158 Å². The van der Waals surface area contributed by atoms with Crippen LogP contribution in [0.1, 0.15) is 43.0 Å². The number of aryl methyl sites for hydroxylation is 1. The van der Waals surface area contributed by atoms with Crippen molar-refractivity contribution in [3.63, 3.8) is 0 Å². The Bertz CT molecular complexity index is 970. The zero-order valence-corrected chi connectivity index (χ0v) is 15.7. The second-order valence-corrected chi connectivity index (χ2v) is 8.17. The molecule has 1 atom stereocenters. The number of imidazole rings is 1. The fraction of sp³-hybridized carbons (Fsp3) is 0.476. The Kier molecular flexibility index (Phi) is 3.81. The van der Waals surface area contributed by atoms with Gasteiger partial charge in [-0.3, -0.25) is 9.48 Å². The van der Waals surface area contributed by atoms with Gasteiger partial charge in [0.2, 0.25) is 5.91 Å². The van der Waals surface area contributed by atoms with Crippen LogP contribution in [0.2, 0.25) is 0 Å². The summed E-state index contributed by atoms with van der Waals surface area (Å²) in [4.78, 5) is 23.7. The van der Waals surface area contributed by atoms with Crippen molar-refractivity contribution < 1.29 is 4.79 Å². The van der Waals surface area contributed by atoms with Crippen molar-refractivity contribution in [3.05, 3.63) is 48.0 Å². The highest BCUT2D eigenvalue weighted by molar-refractivity contribution is 5.85. The van der Waals surface area contributed by atoms with Crippen LogP contribution >= 0.6 is 0 Å². The third kappa shape index (κ3) is 2.93. The molecule has 2 aliphatic rings.